The summed E-state index contributed by atoms with van der Waals surface area (Å²) in [5.74, 6) is 0.533. The van der Waals surface area contributed by atoms with Crippen molar-refractivity contribution < 1.29 is 8.42 Å². The number of benzene rings is 1. The number of hydrogen-bond donors (Lipinski definition) is 1. The molecule has 0 amide bonds. The number of halogens is 1. The van der Waals surface area contributed by atoms with Gasteiger partial charge in [-0.2, -0.15) is 5.10 Å². The van der Waals surface area contributed by atoms with E-state index in [0.717, 1.165) is 31.1 Å². The Morgan fingerprint density at radius 2 is 2.00 bits per heavy atom. The zero-order chi connectivity index (χ0) is 19.6. The third-order valence-corrected chi connectivity index (χ3v) is 7.96. The fraction of sp³-hybridized carbons (Fsp3) is 0.350. The number of anilines is 1. The van der Waals surface area contributed by atoms with Gasteiger partial charge in [-0.05, 0) is 67.7 Å². The van der Waals surface area contributed by atoms with Gasteiger partial charge in [-0.25, -0.2) is 13.1 Å². The molecule has 0 unspecified atom stereocenters. The molecule has 6 nitrogen and oxygen atoms in total. The second-order valence-electron chi connectivity index (χ2n) is 7.06. The van der Waals surface area contributed by atoms with E-state index in [2.05, 4.69) is 21.6 Å². The minimum Gasteiger partial charge on any atom is -0.303 e. The average molecular weight is 453 g/mol. The number of thiophene rings is 1. The lowest BCUT2D eigenvalue weighted by atomic mass is 9.98. The monoisotopic (exact) mass is 452 g/mol. The molecule has 0 aliphatic carbocycles. The van der Waals surface area contributed by atoms with Crippen LogP contribution in [0.2, 0.25) is 0 Å². The maximum Gasteiger partial charge on any atom is 0.271 e. The second kappa shape index (κ2) is 9.30. The highest BCUT2D eigenvalue weighted by atomic mass is 35.5. The van der Waals surface area contributed by atoms with Crippen molar-refractivity contribution in [1.29, 1.82) is 0 Å². The quantitative estimate of drug-likeness (QED) is 0.578. The molecule has 3 heterocycles. The van der Waals surface area contributed by atoms with Crippen LogP contribution >= 0.6 is 23.7 Å². The molecule has 29 heavy (non-hydrogen) atoms. The topological polar surface area (TPSA) is 67.2 Å². The number of sulfonamides is 1. The first-order valence-corrected chi connectivity index (χ1v) is 11.8. The number of nitrogens with one attached hydrogen (secondary N) is 1. The molecule has 3 aromatic rings. The lowest BCUT2D eigenvalue weighted by Crippen LogP contribution is -2.20. The third-order valence-electron chi connectivity index (χ3n) is 5.01. The van der Waals surface area contributed by atoms with Crippen molar-refractivity contribution in [1.82, 2.24) is 14.7 Å². The fourth-order valence-electron chi connectivity index (χ4n) is 3.63. The number of rotatable bonds is 7. The second-order valence-corrected chi connectivity index (χ2v) is 10.0. The van der Waals surface area contributed by atoms with Crippen LogP contribution in [0.5, 0.6) is 0 Å². The zero-order valence-corrected chi connectivity index (χ0v) is 18.6. The molecule has 156 valence electrons. The summed E-state index contributed by atoms with van der Waals surface area (Å²) in [4.78, 5) is 2.50. The van der Waals surface area contributed by atoms with Gasteiger partial charge in [-0.15, -0.1) is 23.7 Å². The van der Waals surface area contributed by atoms with Gasteiger partial charge in [-0.3, -0.25) is 4.72 Å². The first-order valence-electron chi connectivity index (χ1n) is 9.50. The van der Waals surface area contributed by atoms with Gasteiger partial charge in [0.2, 0.25) is 0 Å². The Bertz CT molecular complexity index is 1020. The van der Waals surface area contributed by atoms with Crippen LogP contribution in [0.15, 0.2) is 59.1 Å². The minimum atomic E-state index is -3.61. The van der Waals surface area contributed by atoms with Gasteiger partial charge in [-0.1, -0.05) is 19.1 Å². The predicted octanol–water partition coefficient (Wildman–Crippen LogP) is 4.36. The summed E-state index contributed by atoms with van der Waals surface area (Å²) in [5.41, 5.74) is 1.86. The van der Waals surface area contributed by atoms with Crippen LogP contribution in [-0.4, -0.2) is 42.7 Å². The highest BCUT2D eigenvalue weighted by Gasteiger charge is 2.23. The van der Waals surface area contributed by atoms with Crippen molar-refractivity contribution in [2.24, 2.45) is 0 Å². The van der Waals surface area contributed by atoms with Gasteiger partial charge >= 0.3 is 0 Å². The molecule has 0 saturated carbocycles. The predicted molar refractivity (Wildman–Crippen MR) is 120 cm³/mol. The number of nitrogens with zero attached hydrogens (tertiary/aromatic N) is 3. The van der Waals surface area contributed by atoms with Crippen LogP contribution in [0, 0.1) is 0 Å². The van der Waals surface area contributed by atoms with Gasteiger partial charge in [0.25, 0.3) is 10.0 Å². The van der Waals surface area contributed by atoms with E-state index in [1.807, 2.05) is 24.3 Å². The molecule has 1 atom stereocenters. The summed E-state index contributed by atoms with van der Waals surface area (Å²) in [7, 11) is -3.61. The highest BCUT2D eigenvalue weighted by Crippen LogP contribution is 2.30. The summed E-state index contributed by atoms with van der Waals surface area (Å²) in [5, 5.41) is 4.90. The van der Waals surface area contributed by atoms with Gasteiger partial charge in [0.15, 0.2) is 0 Å². The summed E-state index contributed by atoms with van der Waals surface area (Å²) < 4.78 is 30.0. The van der Waals surface area contributed by atoms with E-state index in [4.69, 9.17) is 0 Å². The molecular formula is C20H25ClN4O2S2. The molecule has 1 N–H and O–H groups in total. The van der Waals surface area contributed by atoms with Crippen LogP contribution in [0.1, 0.15) is 31.2 Å². The van der Waals surface area contributed by atoms with Gasteiger partial charge in [0.05, 0.1) is 0 Å². The average Bonchev–Trinajstić information content (AvgIpc) is 3.43. The van der Waals surface area contributed by atoms with E-state index >= 15 is 0 Å². The van der Waals surface area contributed by atoms with Crippen LogP contribution in [0.25, 0.3) is 5.00 Å². The van der Waals surface area contributed by atoms with Gasteiger partial charge in [0.1, 0.15) is 9.21 Å². The zero-order valence-electron chi connectivity index (χ0n) is 16.2. The molecule has 1 fully saturated rings. The lowest BCUT2D eigenvalue weighted by molar-refractivity contribution is 0.335. The maximum atomic E-state index is 12.7. The van der Waals surface area contributed by atoms with Crippen molar-refractivity contribution in [3.8, 4) is 5.00 Å². The third kappa shape index (κ3) is 5.01. The molecule has 1 saturated heterocycles. The van der Waals surface area contributed by atoms with E-state index < -0.39 is 10.0 Å². The lowest BCUT2D eigenvalue weighted by Gasteiger charge is -2.15. The molecule has 1 aliphatic heterocycles. The number of likely N-dealkylation sites (tertiary alicyclic amines) is 1. The van der Waals surface area contributed by atoms with Crippen LogP contribution in [0.4, 0.5) is 5.69 Å². The van der Waals surface area contributed by atoms with E-state index in [1.165, 1.54) is 23.3 Å². The van der Waals surface area contributed by atoms with Crippen molar-refractivity contribution in [2.45, 2.75) is 29.9 Å². The Hall–Kier alpha value is -1.87. The Morgan fingerprint density at radius 3 is 2.69 bits per heavy atom. The molecule has 9 heteroatoms. The Morgan fingerprint density at radius 1 is 1.21 bits per heavy atom. The molecule has 0 spiro atoms. The number of aromatic nitrogens is 2. The Balaban J connectivity index is 0.00000240. The Labute approximate surface area is 182 Å². The van der Waals surface area contributed by atoms with Crippen molar-refractivity contribution in [3.05, 3.63) is 60.4 Å². The largest absolute Gasteiger partial charge is 0.303 e. The molecule has 2 aromatic heterocycles. The minimum absolute atomic E-state index is 0. The van der Waals surface area contributed by atoms with Crippen LogP contribution in [0.3, 0.4) is 0 Å². The van der Waals surface area contributed by atoms with Crippen LogP contribution < -0.4 is 4.72 Å². The summed E-state index contributed by atoms with van der Waals surface area (Å²) in [6.45, 7) is 5.59. The van der Waals surface area contributed by atoms with E-state index in [0.29, 0.717) is 11.6 Å². The maximum absolute atomic E-state index is 12.7. The summed E-state index contributed by atoms with van der Waals surface area (Å²) in [6, 6.07) is 13.0. The summed E-state index contributed by atoms with van der Waals surface area (Å²) in [6.07, 6.45) is 5.80. The molecule has 0 radical (unpaired) electrons. The molecule has 1 aliphatic rings. The summed E-state index contributed by atoms with van der Waals surface area (Å²) >= 11 is 1.19. The molecule has 0 bridgehead atoms. The first-order chi connectivity index (χ1) is 13.5. The standard InChI is InChI=1S/C20H24N4O2S2.ClH/c1-2-12-23-14-10-17(15-23)16-4-6-18(7-5-16)22-28(25,26)20-9-8-19(27-20)24-13-3-11-21-24;/h3-9,11,13,17,22H,2,10,12,14-15H2,1H3;1H/t17-;/m1./s1. The van der Waals surface area contributed by atoms with Crippen LogP contribution in [-0.2, 0) is 10.0 Å². The van der Waals surface area contributed by atoms with Gasteiger partial charge < -0.3 is 4.90 Å². The van der Waals surface area contributed by atoms with E-state index in [-0.39, 0.29) is 16.6 Å². The Kier molecular flexibility index (Phi) is 7.00. The van der Waals surface area contributed by atoms with Gasteiger partial charge in [0, 0.05) is 24.6 Å². The molecule has 4 rings (SSSR count). The van der Waals surface area contributed by atoms with Crippen molar-refractivity contribution in [2.75, 3.05) is 24.4 Å². The number of hydrogen-bond acceptors (Lipinski definition) is 5. The fourth-order valence-corrected chi connectivity index (χ4v) is 5.92. The SMILES string of the molecule is CCCN1CC[C@@H](c2ccc(NS(=O)(=O)c3ccc(-n4cccn4)s3)cc2)C1.Cl. The normalized spacial score (nSPS) is 17.2. The highest BCUT2D eigenvalue weighted by molar-refractivity contribution is 7.94. The van der Waals surface area contributed by atoms with E-state index in [1.54, 1.807) is 35.3 Å². The molecular weight excluding hydrogens is 428 g/mol. The smallest absolute Gasteiger partial charge is 0.271 e. The van der Waals surface area contributed by atoms with E-state index in [9.17, 15) is 8.42 Å². The van der Waals surface area contributed by atoms with Crippen molar-refractivity contribution >= 4 is 39.5 Å². The molecule has 1 aromatic carbocycles. The van der Waals surface area contributed by atoms with Crippen molar-refractivity contribution in [3.63, 3.8) is 0 Å². The first kappa shape index (κ1) is 21.8.